The third-order valence-corrected chi connectivity index (χ3v) is 7.17. The van der Waals surface area contributed by atoms with Crippen LogP contribution in [0.5, 0.6) is 5.75 Å². The highest BCUT2D eigenvalue weighted by molar-refractivity contribution is 5.92. The van der Waals surface area contributed by atoms with E-state index >= 15 is 0 Å². The number of amides is 2. The summed E-state index contributed by atoms with van der Waals surface area (Å²) in [5, 5.41) is 6.43. The SMILES string of the molecule is COc1ccc(C(=O)N[C@@H](C)c2cc(Nc3ccc4c(c3)CCN(C(=O)OC(C)(C)C)C4)nc(N3CCOCC3)n2)nc1. The molecule has 0 radical (unpaired) electrons. The van der Waals surface area contributed by atoms with Crippen LogP contribution in [0.1, 0.15) is 61.0 Å². The van der Waals surface area contributed by atoms with Gasteiger partial charge >= 0.3 is 6.09 Å². The Balaban J connectivity index is 1.34. The Morgan fingerprint density at radius 2 is 1.81 bits per heavy atom. The number of nitrogens with zero attached hydrogens (tertiary/aromatic N) is 5. The fraction of sp³-hybridized carbons (Fsp3) is 0.452. The molecule has 3 aromatic rings. The molecule has 2 N–H and O–H groups in total. The third-order valence-electron chi connectivity index (χ3n) is 7.17. The van der Waals surface area contributed by atoms with E-state index in [0.29, 0.717) is 62.6 Å². The highest BCUT2D eigenvalue weighted by Gasteiger charge is 2.26. The van der Waals surface area contributed by atoms with Crippen LogP contribution in [0.15, 0.2) is 42.6 Å². The molecule has 43 heavy (non-hydrogen) atoms. The van der Waals surface area contributed by atoms with Gasteiger partial charge in [-0.15, -0.1) is 0 Å². The molecule has 228 valence electrons. The summed E-state index contributed by atoms with van der Waals surface area (Å²) in [5.41, 5.74) is 3.54. The van der Waals surface area contributed by atoms with Crippen molar-refractivity contribution in [2.24, 2.45) is 0 Å². The average molecular weight is 590 g/mol. The first-order valence-electron chi connectivity index (χ1n) is 14.5. The lowest BCUT2D eigenvalue weighted by Gasteiger charge is -2.31. The minimum absolute atomic E-state index is 0.285. The van der Waals surface area contributed by atoms with Crippen molar-refractivity contribution in [3.05, 3.63) is 65.1 Å². The molecule has 12 nitrogen and oxygen atoms in total. The number of anilines is 3. The summed E-state index contributed by atoms with van der Waals surface area (Å²) >= 11 is 0. The summed E-state index contributed by atoms with van der Waals surface area (Å²) < 4.78 is 16.2. The standard InChI is InChI=1S/C31H39N7O5/c1-20(33-28(39)25-9-8-24(41-5)18-32-25)26-17-27(36-29(35-26)37-12-14-42-15-13-37)34-23-7-6-22-19-38(11-10-21(22)16-23)30(40)43-31(2,3)4/h6-9,16-18,20H,10-15,19H2,1-5H3,(H,33,39)(H,34,35,36)/t20-/m0/s1. The molecule has 1 fully saturated rings. The van der Waals surface area contributed by atoms with Crippen LogP contribution >= 0.6 is 0 Å². The Morgan fingerprint density at radius 3 is 2.51 bits per heavy atom. The monoisotopic (exact) mass is 589 g/mol. The van der Waals surface area contributed by atoms with Crippen molar-refractivity contribution in [2.45, 2.75) is 52.3 Å². The van der Waals surface area contributed by atoms with E-state index in [1.807, 2.05) is 45.9 Å². The number of benzene rings is 1. The van der Waals surface area contributed by atoms with E-state index in [1.165, 1.54) is 11.8 Å². The summed E-state index contributed by atoms with van der Waals surface area (Å²) in [7, 11) is 1.55. The predicted molar refractivity (Wildman–Crippen MR) is 162 cm³/mol. The molecule has 0 aliphatic carbocycles. The fourth-order valence-corrected chi connectivity index (χ4v) is 4.88. The van der Waals surface area contributed by atoms with Crippen LogP contribution in [-0.2, 0) is 22.4 Å². The van der Waals surface area contributed by atoms with Gasteiger partial charge < -0.3 is 34.6 Å². The van der Waals surface area contributed by atoms with E-state index in [2.05, 4.69) is 26.6 Å². The lowest BCUT2D eigenvalue weighted by molar-refractivity contribution is 0.0224. The molecule has 0 saturated carbocycles. The number of hydrogen-bond donors (Lipinski definition) is 2. The molecule has 0 bridgehead atoms. The number of ether oxygens (including phenoxy) is 3. The van der Waals surface area contributed by atoms with Gasteiger partial charge in [-0.2, -0.15) is 4.98 Å². The van der Waals surface area contributed by atoms with E-state index in [-0.39, 0.29) is 17.7 Å². The van der Waals surface area contributed by atoms with Gasteiger partial charge in [-0.25, -0.2) is 14.8 Å². The second-order valence-electron chi connectivity index (χ2n) is 11.6. The van der Waals surface area contributed by atoms with Gasteiger partial charge in [-0.05, 0) is 69.5 Å². The molecule has 2 aromatic heterocycles. The number of carbonyl (C=O) groups is 2. The molecule has 2 aliphatic heterocycles. The maximum absolute atomic E-state index is 12.9. The minimum atomic E-state index is -0.533. The van der Waals surface area contributed by atoms with Crippen LogP contribution in [0.4, 0.5) is 22.2 Å². The van der Waals surface area contributed by atoms with Gasteiger partial charge in [0.15, 0.2) is 0 Å². The van der Waals surface area contributed by atoms with E-state index < -0.39 is 11.6 Å². The Labute approximate surface area is 251 Å². The minimum Gasteiger partial charge on any atom is -0.495 e. The first kappa shape index (κ1) is 30.0. The van der Waals surface area contributed by atoms with Crippen molar-refractivity contribution in [1.29, 1.82) is 0 Å². The van der Waals surface area contributed by atoms with Gasteiger partial charge in [0.2, 0.25) is 5.95 Å². The zero-order chi connectivity index (χ0) is 30.6. The lowest BCUT2D eigenvalue weighted by Crippen LogP contribution is -2.39. The molecule has 2 amide bonds. The van der Waals surface area contributed by atoms with E-state index in [4.69, 9.17) is 24.2 Å². The van der Waals surface area contributed by atoms with Crippen LogP contribution in [0.2, 0.25) is 0 Å². The van der Waals surface area contributed by atoms with Crippen LogP contribution in [-0.4, -0.2) is 77.4 Å². The summed E-state index contributed by atoms with van der Waals surface area (Å²) in [6.07, 6.45) is 1.94. The number of rotatable bonds is 7. The van der Waals surface area contributed by atoms with Crippen LogP contribution in [0, 0.1) is 0 Å². The zero-order valence-corrected chi connectivity index (χ0v) is 25.3. The number of fused-ring (bicyclic) bond motifs is 1. The molecule has 1 atom stereocenters. The van der Waals surface area contributed by atoms with E-state index in [9.17, 15) is 9.59 Å². The molecular weight excluding hydrogens is 550 g/mol. The van der Waals surface area contributed by atoms with Crippen molar-refractivity contribution < 1.29 is 23.8 Å². The van der Waals surface area contributed by atoms with Gasteiger partial charge in [0.25, 0.3) is 5.91 Å². The smallest absolute Gasteiger partial charge is 0.410 e. The second kappa shape index (κ2) is 12.8. The Hall–Kier alpha value is -4.45. The molecule has 5 rings (SSSR count). The molecule has 12 heteroatoms. The first-order chi connectivity index (χ1) is 20.6. The van der Waals surface area contributed by atoms with Crippen molar-refractivity contribution in [2.75, 3.05) is 50.2 Å². The molecule has 4 heterocycles. The molecular formula is C31H39N7O5. The van der Waals surface area contributed by atoms with Gasteiger partial charge in [0.1, 0.15) is 22.9 Å². The van der Waals surface area contributed by atoms with E-state index in [0.717, 1.165) is 17.7 Å². The van der Waals surface area contributed by atoms with Crippen molar-refractivity contribution in [3.8, 4) is 5.75 Å². The maximum Gasteiger partial charge on any atom is 0.410 e. The quantitative estimate of drug-likeness (QED) is 0.412. The number of aromatic nitrogens is 3. The largest absolute Gasteiger partial charge is 0.495 e. The number of pyridine rings is 1. The van der Waals surface area contributed by atoms with Crippen molar-refractivity contribution >= 4 is 29.5 Å². The summed E-state index contributed by atoms with van der Waals surface area (Å²) in [6.45, 7) is 11.1. The Kier molecular flexibility index (Phi) is 8.95. The van der Waals surface area contributed by atoms with Crippen molar-refractivity contribution in [1.82, 2.24) is 25.2 Å². The maximum atomic E-state index is 12.9. The topological polar surface area (TPSA) is 131 Å². The zero-order valence-electron chi connectivity index (χ0n) is 25.3. The van der Waals surface area contributed by atoms with Gasteiger partial charge in [-0.1, -0.05) is 6.07 Å². The first-order valence-corrected chi connectivity index (χ1v) is 14.5. The molecule has 2 aliphatic rings. The highest BCUT2D eigenvalue weighted by atomic mass is 16.6. The van der Waals surface area contributed by atoms with Gasteiger partial charge in [-0.3, -0.25) is 4.79 Å². The van der Waals surface area contributed by atoms with Crippen LogP contribution in [0.3, 0.4) is 0 Å². The highest BCUT2D eigenvalue weighted by Crippen LogP contribution is 2.27. The third kappa shape index (κ3) is 7.69. The summed E-state index contributed by atoms with van der Waals surface area (Å²) in [4.78, 5) is 43.1. The number of carbonyl (C=O) groups excluding carboxylic acids is 2. The molecule has 0 unspecified atom stereocenters. The normalized spacial score (nSPS) is 15.7. The number of hydrogen-bond acceptors (Lipinski definition) is 10. The number of nitrogens with one attached hydrogen (secondary N) is 2. The average Bonchev–Trinajstić information content (AvgIpc) is 3.00. The Bertz CT molecular complexity index is 1450. The lowest BCUT2D eigenvalue weighted by atomic mass is 9.99. The van der Waals surface area contributed by atoms with Gasteiger partial charge in [0.05, 0.1) is 38.3 Å². The molecule has 1 saturated heterocycles. The molecule has 0 spiro atoms. The summed E-state index contributed by atoms with van der Waals surface area (Å²) in [5.74, 6) is 1.44. The summed E-state index contributed by atoms with van der Waals surface area (Å²) in [6, 6.07) is 10.9. The number of morpholine rings is 1. The van der Waals surface area contributed by atoms with Gasteiger partial charge in [0, 0.05) is 37.9 Å². The Morgan fingerprint density at radius 1 is 1.02 bits per heavy atom. The van der Waals surface area contributed by atoms with E-state index in [1.54, 1.807) is 24.1 Å². The molecule has 1 aromatic carbocycles. The second-order valence-corrected chi connectivity index (χ2v) is 11.6. The predicted octanol–water partition coefficient (Wildman–Crippen LogP) is 4.24. The van der Waals surface area contributed by atoms with Crippen molar-refractivity contribution in [3.63, 3.8) is 0 Å². The fourth-order valence-electron chi connectivity index (χ4n) is 4.88. The number of methoxy groups -OCH3 is 1. The van der Waals surface area contributed by atoms with Crippen LogP contribution in [0.25, 0.3) is 0 Å². The van der Waals surface area contributed by atoms with Crippen LogP contribution < -0.4 is 20.3 Å².